The van der Waals surface area contributed by atoms with E-state index < -0.39 is 12.0 Å². The Bertz CT molecular complexity index is 352. The fourth-order valence-electron chi connectivity index (χ4n) is 1.18. The first-order chi connectivity index (χ1) is 6.50. The number of nitrogens with two attached hydrogens (primary N) is 1. The van der Waals surface area contributed by atoms with Crippen molar-refractivity contribution in [1.29, 1.82) is 0 Å². The molecule has 0 aliphatic rings. The topological polar surface area (TPSA) is 63.3 Å². The van der Waals surface area contributed by atoms with Gasteiger partial charge in [-0.3, -0.25) is 4.79 Å². The zero-order chi connectivity index (χ0) is 10.7. The molecule has 1 rings (SSSR count). The summed E-state index contributed by atoms with van der Waals surface area (Å²) in [5.41, 5.74) is 7.56. The van der Waals surface area contributed by atoms with E-state index in [0.717, 1.165) is 14.7 Å². The Labute approximate surface area is 96.4 Å². The summed E-state index contributed by atoms with van der Waals surface area (Å²) >= 11 is 2.20. The molecule has 0 heterocycles. The molecule has 1 aromatic rings. The Morgan fingerprint density at radius 1 is 1.64 bits per heavy atom. The van der Waals surface area contributed by atoms with Gasteiger partial charge < -0.3 is 10.8 Å². The molecule has 0 fully saturated rings. The summed E-state index contributed by atoms with van der Waals surface area (Å²) in [5, 5.41) is 8.68. The summed E-state index contributed by atoms with van der Waals surface area (Å²) in [6, 6.07) is 5.13. The predicted molar refractivity (Wildman–Crippen MR) is 63.2 cm³/mol. The first kappa shape index (κ1) is 11.5. The highest BCUT2D eigenvalue weighted by Crippen LogP contribution is 2.14. The first-order valence-electron chi connectivity index (χ1n) is 4.24. The van der Waals surface area contributed by atoms with E-state index in [0.29, 0.717) is 6.42 Å². The van der Waals surface area contributed by atoms with Crippen molar-refractivity contribution >= 4 is 28.6 Å². The second kappa shape index (κ2) is 4.75. The predicted octanol–water partition coefficient (Wildman–Crippen LogP) is 1.55. The van der Waals surface area contributed by atoms with Crippen molar-refractivity contribution in [3.05, 3.63) is 32.9 Å². The van der Waals surface area contributed by atoms with E-state index in [4.69, 9.17) is 10.8 Å². The third kappa shape index (κ3) is 2.95. The van der Waals surface area contributed by atoms with Crippen LogP contribution >= 0.6 is 22.6 Å². The molecule has 76 valence electrons. The Morgan fingerprint density at radius 3 is 2.86 bits per heavy atom. The van der Waals surface area contributed by atoms with E-state index in [-0.39, 0.29) is 0 Å². The molecule has 0 saturated carbocycles. The standard InChI is InChI=1S/C10H12INO2/c1-6-2-3-8(11)4-7(6)5-9(12)10(13)14/h2-4,9H,5,12H2,1H3,(H,13,14). The number of carboxylic acids is 1. The van der Waals surface area contributed by atoms with E-state index in [1.165, 1.54) is 0 Å². The summed E-state index contributed by atoms with van der Waals surface area (Å²) in [4.78, 5) is 10.6. The highest BCUT2D eigenvalue weighted by atomic mass is 127. The monoisotopic (exact) mass is 305 g/mol. The van der Waals surface area contributed by atoms with Gasteiger partial charge in [0.1, 0.15) is 6.04 Å². The molecule has 0 saturated heterocycles. The Balaban J connectivity index is 2.85. The van der Waals surface area contributed by atoms with Crippen molar-refractivity contribution in [2.45, 2.75) is 19.4 Å². The van der Waals surface area contributed by atoms with Gasteiger partial charge in [0, 0.05) is 3.57 Å². The minimum atomic E-state index is -0.955. The average molecular weight is 305 g/mol. The van der Waals surface area contributed by atoms with Gasteiger partial charge in [-0.15, -0.1) is 0 Å². The molecular weight excluding hydrogens is 293 g/mol. The van der Waals surface area contributed by atoms with Crippen LogP contribution in [0.4, 0.5) is 0 Å². The molecule has 1 unspecified atom stereocenters. The van der Waals surface area contributed by atoms with Gasteiger partial charge in [-0.05, 0) is 59.2 Å². The summed E-state index contributed by atoms with van der Waals surface area (Å²) in [7, 11) is 0. The van der Waals surface area contributed by atoms with Gasteiger partial charge >= 0.3 is 5.97 Å². The van der Waals surface area contributed by atoms with Gasteiger partial charge in [0.15, 0.2) is 0 Å². The van der Waals surface area contributed by atoms with Crippen LogP contribution in [0.2, 0.25) is 0 Å². The van der Waals surface area contributed by atoms with E-state index in [2.05, 4.69) is 22.6 Å². The molecule has 1 aromatic carbocycles. The number of rotatable bonds is 3. The van der Waals surface area contributed by atoms with Gasteiger partial charge in [0.2, 0.25) is 0 Å². The molecule has 0 aromatic heterocycles. The number of hydrogen-bond acceptors (Lipinski definition) is 2. The number of aliphatic carboxylic acids is 1. The van der Waals surface area contributed by atoms with Crippen LogP contribution in [0.5, 0.6) is 0 Å². The number of hydrogen-bond donors (Lipinski definition) is 2. The molecule has 0 bridgehead atoms. The molecule has 4 heteroatoms. The smallest absolute Gasteiger partial charge is 0.320 e. The lowest BCUT2D eigenvalue weighted by molar-refractivity contribution is -0.138. The first-order valence-corrected chi connectivity index (χ1v) is 5.32. The largest absolute Gasteiger partial charge is 0.480 e. The molecule has 1 atom stereocenters. The number of benzene rings is 1. The van der Waals surface area contributed by atoms with E-state index in [1.807, 2.05) is 25.1 Å². The maximum absolute atomic E-state index is 10.6. The molecule has 0 aliphatic heterocycles. The van der Waals surface area contributed by atoms with Crippen LogP contribution in [0.3, 0.4) is 0 Å². The summed E-state index contributed by atoms with van der Waals surface area (Å²) < 4.78 is 1.10. The summed E-state index contributed by atoms with van der Waals surface area (Å²) in [5.74, 6) is -0.955. The van der Waals surface area contributed by atoms with Gasteiger partial charge in [-0.1, -0.05) is 6.07 Å². The van der Waals surface area contributed by atoms with Crippen molar-refractivity contribution in [2.75, 3.05) is 0 Å². The average Bonchev–Trinajstić information content (AvgIpc) is 2.11. The zero-order valence-electron chi connectivity index (χ0n) is 7.83. The quantitative estimate of drug-likeness (QED) is 0.833. The van der Waals surface area contributed by atoms with Gasteiger partial charge in [0.05, 0.1) is 0 Å². The van der Waals surface area contributed by atoms with Crippen molar-refractivity contribution in [1.82, 2.24) is 0 Å². The maximum Gasteiger partial charge on any atom is 0.320 e. The van der Waals surface area contributed by atoms with Crippen LogP contribution in [0.1, 0.15) is 11.1 Å². The molecule has 0 amide bonds. The SMILES string of the molecule is Cc1ccc(I)cc1CC(N)C(=O)O. The molecule has 0 radical (unpaired) electrons. The van der Waals surface area contributed by atoms with Crippen molar-refractivity contribution in [2.24, 2.45) is 5.73 Å². The zero-order valence-corrected chi connectivity index (χ0v) is 9.98. The lowest BCUT2D eigenvalue weighted by Crippen LogP contribution is -2.32. The van der Waals surface area contributed by atoms with Crippen LogP contribution in [0.25, 0.3) is 0 Å². The highest BCUT2D eigenvalue weighted by molar-refractivity contribution is 14.1. The lowest BCUT2D eigenvalue weighted by Gasteiger charge is -2.09. The van der Waals surface area contributed by atoms with E-state index >= 15 is 0 Å². The second-order valence-corrected chi connectivity index (χ2v) is 4.47. The highest BCUT2D eigenvalue weighted by Gasteiger charge is 2.13. The van der Waals surface area contributed by atoms with Crippen LogP contribution in [0, 0.1) is 10.5 Å². The van der Waals surface area contributed by atoms with Gasteiger partial charge in [-0.2, -0.15) is 0 Å². The normalized spacial score (nSPS) is 12.5. The van der Waals surface area contributed by atoms with Crippen molar-refractivity contribution in [3.8, 4) is 0 Å². The molecule has 0 spiro atoms. The molecule has 14 heavy (non-hydrogen) atoms. The minimum absolute atomic E-state index is 0.387. The van der Waals surface area contributed by atoms with Crippen LogP contribution < -0.4 is 5.73 Å². The molecule has 0 aliphatic carbocycles. The fraction of sp³-hybridized carbons (Fsp3) is 0.300. The number of carbonyl (C=O) groups is 1. The number of carboxylic acid groups (broad SMARTS) is 1. The minimum Gasteiger partial charge on any atom is -0.480 e. The van der Waals surface area contributed by atoms with Crippen LogP contribution in [-0.2, 0) is 11.2 Å². The summed E-state index contributed by atoms with van der Waals surface area (Å²) in [6.07, 6.45) is 0.387. The van der Waals surface area contributed by atoms with E-state index in [9.17, 15) is 4.79 Å². The Hall–Kier alpha value is -0.620. The summed E-state index contributed by atoms with van der Waals surface area (Å²) in [6.45, 7) is 1.96. The number of aryl methyl sites for hydroxylation is 1. The lowest BCUT2D eigenvalue weighted by atomic mass is 10.0. The van der Waals surface area contributed by atoms with Gasteiger partial charge in [0.25, 0.3) is 0 Å². The van der Waals surface area contributed by atoms with E-state index in [1.54, 1.807) is 0 Å². The van der Waals surface area contributed by atoms with Gasteiger partial charge in [-0.25, -0.2) is 0 Å². The third-order valence-corrected chi connectivity index (χ3v) is 2.74. The fourth-order valence-corrected chi connectivity index (χ4v) is 1.74. The number of halogens is 1. The van der Waals surface area contributed by atoms with Crippen molar-refractivity contribution < 1.29 is 9.90 Å². The molecule has 3 nitrogen and oxygen atoms in total. The van der Waals surface area contributed by atoms with Crippen LogP contribution in [0.15, 0.2) is 18.2 Å². The molecular formula is C10H12INO2. The second-order valence-electron chi connectivity index (χ2n) is 3.22. The Kier molecular flexibility index (Phi) is 3.88. The van der Waals surface area contributed by atoms with Crippen LogP contribution in [-0.4, -0.2) is 17.1 Å². The van der Waals surface area contributed by atoms with Crippen molar-refractivity contribution in [3.63, 3.8) is 0 Å². The third-order valence-electron chi connectivity index (χ3n) is 2.07. The Morgan fingerprint density at radius 2 is 2.29 bits per heavy atom. The molecule has 3 N–H and O–H groups in total. The maximum atomic E-state index is 10.6.